The molecule has 51 heavy (non-hydrogen) atoms. The molecule has 12 nitrogen and oxygen atoms in total. The summed E-state index contributed by atoms with van der Waals surface area (Å²) in [6, 6.07) is 24.5. The van der Waals surface area contributed by atoms with Crippen LogP contribution in [0, 0.1) is 0 Å². The maximum absolute atomic E-state index is 12.6. The highest BCUT2D eigenvalue weighted by atomic mass is 16.7. The summed E-state index contributed by atoms with van der Waals surface area (Å²) in [6.07, 6.45) is 7.22. The number of rotatable bonds is 11. The van der Waals surface area contributed by atoms with Crippen molar-refractivity contribution >= 4 is 34.6 Å². The Labute approximate surface area is 297 Å². The zero-order valence-corrected chi connectivity index (χ0v) is 28.7. The summed E-state index contributed by atoms with van der Waals surface area (Å²) in [4.78, 5) is 32.8. The largest absolute Gasteiger partial charge is 0.494 e. The van der Waals surface area contributed by atoms with Crippen LogP contribution in [0.25, 0.3) is 0 Å². The number of amides is 1. The van der Waals surface area contributed by atoms with Crippen LogP contribution in [-0.2, 0) is 14.4 Å². The Hall–Kier alpha value is -5.17. The summed E-state index contributed by atoms with van der Waals surface area (Å²) in [5.74, 6) is 3.04. The SMILES string of the molecule is C=CC(=O)Nc1cc(Nc2cc(N3OCC[C@@H]3c3cccc(Oc4ccccc4)c3)ncn2)c(OC)cc1N1CCC(N2C[C@H]3C[C@@H]2CO3)CC1. The number of fused-ring (bicyclic) bond motifs is 2. The number of nitrogens with zero attached hydrogens (tertiary/aromatic N) is 5. The smallest absolute Gasteiger partial charge is 0.247 e. The van der Waals surface area contributed by atoms with Crippen molar-refractivity contribution in [1.82, 2.24) is 14.9 Å². The van der Waals surface area contributed by atoms with Crippen molar-refractivity contribution in [2.45, 2.75) is 49.9 Å². The Morgan fingerprint density at radius 1 is 0.961 bits per heavy atom. The van der Waals surface area contributed by atoms with Gasteiger partial charge < -0.3 is 29.7 Å². The lowest BCUT2D eigenvalue weighted by Gasteiger charge is -2.41. The normalized spacial score (nSPS) is 21.9. The van der Waals surface area contributed by atoms with E-state index in [4.69, 9.17) is 19.0 Å². The van der Waals surface area contributed by atoms with Crippen molar-refractivity contribution in [3.8, 4) is 17.2 Å². The highest BCUT2D eigenvalue weighted by molar-refractivity contribution is 6.02. The molecule has 12 heteroatoms. The molecule has 0 aliphatic carbocycles. The number of hydrogen-bond donors (Lipinski definition) is 2. The Bertz CT molecular complexity index is 1870. The van der Waals surface area contributed by atoms with Crippen LogP contribution in [0.15, 0.2) is 91.8 Å². The van der Waals surface area contributed by atoms with E-state index in [-0.39, 0.29) is 11.9 Å². The van der Waals surface area contributed by atoms with E-state index in [0.29, 0.717) is 53.6 Å². The van der Waals surface area contributed by atoms with Gasteiger partial charge in [-0.1, -0.05) is 36.9 Å². The summed E-state index contributed by atoms with van der Waals surface area (Å²) in [5, 5.41) is 8.27. The van der Waals surface area contributed by atoms with Crippen molar-refractivity contribution < 1.29 is 23.8 Å². The quantitative estimate of drug-likeness (QED) is 0.169. The molecule has 3 atom stereocenters. The fraction of sp³-hybridized carbons (Fsp3) is 0.359. The molecule has 1 amide bonds. The highest BCUT2D eigenvalue weighted by Crippen LogP contribution is 2.42. The van der Waals surface area contributed by atoms with Crippen LogP contribution in [0.5, 0.6) is 17.2 Å². The van der Waals surface area contributed by atoms with Gasteiger partial charge in [0.15, 0.2) is 5.82 Å². The molecule has 4 aromatic rings. The number of ether oxygens (including phenoxy) is 3. The highest BCUT2D eigenvalue weighted by Gasteiger charge is 2.42. The molecule has 264 valence electrons. The molecule has 4 aliphatic heterocycles. The number of aromatic nitrogens is 2. The molecule has 3 aromatic carbocycles. The van der Waals surface area contributed by atoms with Crippen molar-refractivity contribution in [1.29, 1.82) is 0 Å². The fourth-order valence-corrected chi connectivity index (χ4v) is 7.78. The van der Waals surface area contributed by atoms with Crippen LogP contribution in [0.1, 0.15) is 37.3 Å². The van der Waals surface area contributed by atoms with E-state index < -0.39 is 0 Å². The third kappa shape index (κ3) is 7.07. The van der Waals surface area contributed by atoms with Gasteiger partial charge in [0, 0.05) is 50.3 Å². The minimum absolute atomic E-state index is 0.0697. The number of nitrogens with one attached hydrogen (secondary N) is 2. The van der Waals surface area contributed by atoms with Gasteiger partial charge in [-0.3, -0.25) is 14.5 Å². The lowest BCUT2D eigenvalue weighted by Crippen LogP contribution is -2.49. The van der Waals surface area contributed by atoms with Gasteiger partial charge in [-0.15, -0.1) is 0 Å². The second kappa shape index (κ2) is 14.6. The average Bonchev–Trinajstić information content (AvgIpc) is 3.95. The zero-order chi connectivity index (χ0) is 34.7. The number of morpholine rings is 1. The fourth-order valence-electron chi connectivity index (χ4n) is 7.78. The molecule has 0 saturated carbocycles. The van der Waals surface area contributed by atoms with Crippen LogP contribution in [0.2, 0.25) is 0 Å². The second-order valence-electron chi connectivity index (χ2n) is 13.4. The molecule has 8 rings (SSSR count). The van der Waals surface area contributed by atoms with Crippen molar-refractivity contribution in [3.05, 3.63) is 97.3 Å². The number of hydrogen-bond acceptors (Lipinski definition) is 11. The maximum Gasteiger partial charge on any atom is 0.247 e. The van der Waals surface area contributed by atoms with E-state index in [2.05, 4.69) is 43.0 Å². The van der Waals surface area contributed by atoms with E-state index in [1.54, 1.807) is 7.11 Å². The molecule has 4 fully saturated rings. The van der Waals surface area contributed by atoms with Crippen molar-refractivity contribution in [2.75, 3.05) is 60.6 Å². The van der Waals surface area contributed by atoms with Gasteiger partial charge in [-0.05, 0) is 61.2 Å². The number of carbonyl (C=O) groups is 1. The zero-order valence-electron chi connectivity index (χ0n) is 28.7. The molecule has 0 radical (unpaired) electrons. The molecular weight excluding hydrogens is 646 g/mol. The molecule has 4 saturated heterocycles. The predicted octanol–water partition coefficient (Wildman–Crippen LogP) is 6.47. The van der Waals surface area contributed by atoms with Crippen LogP contribution in [0.3, 0.4) is 0 Å². The number of likely N-dealkylation sites (tertiary alicyclic amines) is 1. The third-order valence-electron chi connectivity index (χ3n) is 10.2. The molecule has 5 heterocycles. The molecule has 2 N–H and O–H groups in total. The van der Waals surface area contributed by atoms with Crippen LogP contribution in [0.4, 0.5) is 28.7 Å². The average molecular weight is 690 g/mol. The first kappa shape index (κ1) is 33.0. The van der Waals surface area contributed by atoms with Gasteiger partial charge in [0.2, 0.25) is 5.91 Å². The second-order valence-corrected chi connectivity index (χ2v) is 13.4. The van der Waals surface area contributed by atoms with Gasteiger partial charge in [0.1, 0.15) is 29.4 Å². The summed E-state index contributed by atoms with van der Waals surface area (Å²) in [7, 11) is 1.65. The van der Waals surface area contributed by atoms with Crippen molar-refractivity contribution in [3.63, 3.8) is 0 Å². The lowest BCUT2D eigenvalue weighted by molar-refractivity contribution is -0.111. The number of methoxy groups -OCH3 is 1. The van der Waals surface area contributed by atoms with E-state index in [1.165, 1.54) is 12.4 Å². The van der Waals surface area contributed by atoms with E-state index >= 15 is 0 Å². The van der Waals surface area contributed by atoms with Crippen LogP contribution >= 0.6 is 0 Å². The monoisotopic (exact) mass is 689 g/mol. The van der Waals surface area contributed by atoms with E-state index in [9.17, 15) is 4.79 Å². The standard InChI is InChI=1S/C39H43N7O5/c1-3-39(47)43-32-20-33(36(48-2)21-35(32)44-15-12-27(13-16-44)45-23-31-19-28(45)24-49-31)42-37-22-38(41-25-40-37)46-34(14-17-50-46)26-8-7-11-30(18-26)51-29-9-5-4-6-10-29/h3-11,18,20-22,25,27-28,31,34H,1,12-17,19,23-24H2,2H3,(H,43,47)(H,40,41,42)/t28-,31-,34-/m1/s1. The molecule has 1 aromatic heterocycles. The summed E-state index contributed by atoms with van der Waals surface area (Å²) < 4.78 is 17.8. The molecule has 4 aliphatic rings. The van der Waals surface area contributed by atoms with Gasteiger partial charge in [0.05, 0.1) is 49.5 Å². The topological polar surface area (TPSA) is 114 Å². The number of anilines is 5. The molecule has 0 spiro atoms. The molecular formula is C39H43N7O5. The molecule has 0 unspecified atom stereocenters. The summed E-state index contributed by atoms with van der Waals surface area (Å²) >= 11 is 0. The Morgan fingerprint density at radius 2 is 1.80 bits per heavy atom. The Balaban J connectivity index is 1.01. The maximum atomic E-state index is 12.6. The number of piperidine rings is 1. The first-order chi connectivity index (χ1) is 25.0. The van der Waals surface area contributed by atoms with Gasteiger partial charge in [0.25, 0.3) is 0 Å². The van der Waals surface area contributed by atoms with Crippen LogP contribution < -0.4 is 30.1 Å². The lowest BCUT2D eigenvalue weighted by atomic mass is 10.0. The summed E-state index contributed by atoms with van der Waals surface area (Å²) in [5.41, 5.74) is 3.29. The third-order valence-corrected chi connectivity index (χ3v) is 10.2. The van der Waals surface area contributed by atoms with E-state index in [1.807, 2.05) is 71.8 Å². The number of benzene rings is 3. The van der Waals surface area contributed by atoms with Crippen LogP contribution in [-0.4, -0.2) is 78.9 Å². The number of carbonyl (C=O) groups excluding carboxylic acids is 1. The van der Waals surface area contributed by atoms with Gasteiger partial charge >= 0.3 is 0 Å². The van der Waals surface area contributed by atoms with Gasteiger partial charge in [-0.2, -0.15) is 0 Å². The minimum atomic E-state index is -0.282. The molecule has 2 bridgehead atoms. The first-order valence-corrected chi connectivity index (χ1v) is 17.7. The predicted molar refractivity (Wildman–Crippen MR) is 196 cm³/mol. The van der Waals surface area contributed by atoms with E-state index in [0.717, 1.165) is 74.7 Å². The first-order valence-electron chi connectivity index (χ1n) is 17.7. The summed E-state index contributed by atoms with van der Waals surface area (Å²) in [6.45, 7) is 7.86. The number of para-hydroxylation sites is 1. The Kier molecular flexibility index (Phi) is 9.44. The Morgan fingerprint density at radius 3 is 2.57 bits per heavy atom. The number of hydroxylamine groups is 1. The van der Waals surface area contributed by atoms with Crippen molar-refractivity contribution in [2.24, 2.45) is 0 Å². The van der Waals surface area contributed by atoms with Gasteiger partial charge in [-0.25, -0.2) is 15.0 Å². The minimum Gasteiger partial charge on any atom is -0.494 e.